The molecule has 2 N–H and O–H groups in total. The summed E-state index contributed by atoms with van der Waals surface area (Å²) in [6, 6.07) is 0. The Morgan fingerprint density at radius 1 is 1.56 bits per heavy atom. The van der Waals surface area contributed by atoms with E-state index in [0.717, 1.165) is 0 Å². The molecule has 3 nitrogen and oxygen atoms in total. The summed E-state index contributed by atoms with van der Waals surface area (Å²) in [5.74, 6) is -0.0563. The highest BCUT2D eigenvalue weighted by molar-refractivity contribution is 7.80. The Balaban J connectivity index is 3.28. The lowest BCUT2D eigenvalue weighted by Gasteiger charge is -2.02. The van der Waals surface area contributed by atoms with Gasteiger partial charge >= 0.3 is 0 Å². The molecule has 0 saturated heterocycles. The van der Waals surface area contributed by atoms with Gasteiger partial charge < -0.3 is 0 Å². The summed E-state index contributed by atoms with van der Waals surface area (Å²) in [5.41, 5.74) is 4.93. The Bertz CT molecular complexity index is 124. The molecule has 0 rings (SSSR count). The maximum absolute atomic E-state index is 10.5. The number of amides is 1. The zero-order valence-electron chi connectivity index (χ0n) is 5.52. The van der Waals surface area contributed by atoms with E-state index >= 15 is 0 Å². The van der Waals surface area contributed by atoms with Crippen LogP contribution in [0.15, 0.2) is 0 Å². The van der Waals surface area contributed by atoms with Gasteiger partial charge in [-0.05, 0) is 6.92 Å². The van der Waals surface area contributed by atoms with Crippen molar-refractivity contribution in [2.45, 2.75) is 20.3 Å². The SMILES string of the molecule is CCC(=O)NNC(C)=S. The minimum absolute atomic E-state index is 0.0563. The summed E-state index contributed by atoms with van der Waals surface area (Å²) in [4.78, 5) is 11.0. The molecule has 0 aliphatic carbocycles. The van der Waals surface area contributed by atoms with Crippen LogP contribution in [0, 0.1) is 0 Å². The number of hydrazine groups is 1. The smallest absolute Gasteiger partial charge is 0.238 e. The number of thiocarbonyl (C=S) groups is 1. The molecule has 0 aromatic carbocycles. The largest absolute Gasteiger partial charge is 0.292 e. The van der Waals surface area contributed by atoms with E-state index in [1.807, 2.05) is 0 Å². The van der Waals surface area contributed by atoms with Crippen LogP contribution in [0.1, 0.15) is 20.3 Å². The first kappa shape index (κ1) is 8.36. The summed E-state index contributed by atoms with van der Waals surface area (Å²) in [6.07, 6.45) is 0.468. The van der Waals surface area contributed by atoms with E-state index in [2.05, 4.69) is 23.1 Å². The molecule has 52 valence electrons. The van der Waals surface area contributed by atoms with Crippen LogP contribution in [-0.4, -0.2) is 10.9 Å². The maximum Gasteiger partial charge on any atom is 0.238 e. The van der Waals surface area contributed by atoms with Gasteiger partial charge in [0.05, 0.1) is 4.99 Å². The molecule has 0 aliphatic rings. The van der Waals surface area contributed by atoms with Crippen LogP contribution in [0.3, 0.4) is 0 Å². The third-order valence-corrected chi connectivity index (χ3v) is 0.801. The molecule has 0 bridgehead atoms. The average Bonchev–Trinajstić information content (AvgIpc) is 1.83. The molecule has 1 amide bonds. The predicted octanol–water partition coefficient (Wildman–Crippen LogP) is 0.365. The van der Waals surface area contributed by atoms with Gasteiger partial charge in [-0.2, -0.15) is 0 Å². The van der Waals surface area contributed by atoms with Crippen molar-refractivity contribution in [2.75, 3.05) is 0 Å². The van der Waals surface area contributed by atoms with Crippen LogP contribution in [-0.2, 0) is 4.79 Å². The van der Waals surface area contributed by atoms with E-state index in [9.17, 15) is 4.79 Å². The topological polar surface area (TPSA) is 41.1 Å². The third-order valence-electron chi connectivity index (χ3n) is 0.699. The molecule has 0 aromatic heterocycles. The summed E-state index contributed by atoms with van der Waals surface area (Å²) in [7, 11) is 0. The van der Waals surface area contributed by atoms with Crippen molar-refractivity contribution < 1.29 is 4.79 Å². The molecule has 0 atom stereocenters. The van der Waals surface area contributed by atoms with Crippen LogP contribution in [0.2, 0.25) is 0 Å². The van der Waals surface area contributed by atoms with Crippen LogP contribution in [0.25, 0.3) is 0 Å². The summed E-state index contributed by atoms with van der Waals surface area (Å²) < 4.78 is 0. The molecule has 0 radical (unpaired) electrons. The van der Waals surface area contributed by atoms with Crippen molar-refractivity contribution in [3.8, 4) is 0 Å². The summed E-state index contributed by atoms with van der Waals surface area (Å²) >= 11 is 4.64. The molecule has 0 aliphatic heterocycles. The predicted molar refractivity (Wildman–Crippen MR) is 39.8 cm³/mol. The average molecular weight is 146 g/mol. The molecule has 0 heterocycles. The highest BCUT2D eigenvalue weighted by atomic mass is 32.1. The second-order valence-electron chi connectivity index (χ2n) is 1.58. The van der Waals surface area contributed by atoms with Crippen molar-refractivity contribution in [3.05, 3.63) is 0 Å². The van der Waals surface area contributed by atoms with Gasteiger partial charge in [0.25, 0.3) is 0 Å². The van der Waals surface area contributed by atoms with Crippen LogP contribution in [0.4, 0.5) is 0 Å². The molecule has 0 unspecified atom stereocenters. The standard InChI is InChI=1S/C5H10N2OS/c1-3-5(8)7-6-4(2)9/h3H2,1-2H3,(H,6,9)(H,7,8). The number of rotatable bonds is 1. The fraction of sp³-hybridized carbons (Fsp3) is 0.600. The van der Waals surface area contributed by atoms with Crippen LogP contribution >= 0.6 is 12.2 Å². The summed E-state index contributed by atoms with van der Waals surface area (Å²) in [5, 5.41) is 0. The minimum Gasteiger partial charge on any atom is -0.292 e. The first-order chi connectivity index (χ1) is 4.16. The second kappa shape index (κ2) is 4.26. The lowest BCUT2D eigenvalue weighted by atomic mass is 10.5. The Hall–Kier alpha value is -0.640. The Morgan fingerprint density at radius 3 is 2.44 bits per heavy atom. The zero-order valence-corrected chi connectivity index (χ0v) is 6.34. The van der Waals surface area contributed by atoms with Gasteiger partial charge in [-0.1, -0.05) is 19.1 Å². The summed E-state index contributed by atoms with van der Waals surface area (Å²) in [6.45, 7) is 3.47. The molecule has 0 spiro atoms. The fourth-order valence-corrected chi connectivity index (χ4v) is 0.297. The Morgan fingerprint density at radius 2 is 2.11 bits per heavy atom. The van der Waals surface area contributed by atoms with E-state index in [1.165, 1.54) is 0 Å². The quantitative estimate of drug-likeness (QED) is 0.414. The molecular weight excluding hydrogens is 136 g/mol. The Labute approximate surface area is 59.8 Å². The number of carbonyl (C=O) groups is 1. The molecule has 0 aromatic rings. The van der Waals surface area contributed by atoms with Crippen molar-refractivity contribution in [3.63, 3.8) is 0 Å². The van der Waals surface area contributed by atoms with Crippen LogP contribution in [0.5, 0.6) is 0 Å². The van der Waals surface area contributed by atoms with Crippen molar-refractivity contribution in [1.82, 2.24) is 10.9 Å². The fourth-order valence-electron chi connectivity index (χ4n) is 0.246. The van der Waals surface area contributed by atoms with E-state index < -0.39 is 0 Å². The number of nitrogens with one attached hydrogen (secondary N) is 2. The third kappa shape index (κ3) is 5.23. The molecule has 0 fully saturated rings. The zero-order chi connectivity index (χ0) is 7.28. The Kier molecular flexibility index (Phi) is 3.96. The van der Waals surface area contributed by atoms with E-state index in [-0.39, 0.29) is 5.91 Å². The van der Waals surface area contributed by atoms with Crippen LogP contribution < -0.4 is 10.9 Å². The number of hydrogen-bond donors (Lipinski definition) is 2. The molecular formula is C5H10N2OS. The lowest BCUT2D eigenvalue weighted by molar-refractivity contribution is -0.121. The van der Waals surface area contributed by atoms with Crippen molar-refractivity contribution >= 4 is 23.1 Å². The highest BCUT2D eigenvalue weighted by Gasteiger charge is 1.92. The van der Waals surface area contributed by atoms with E-state index in [1.54, 1.807) is 13.8 Å². The minimum atomic E-state index is -0.0563. The number of hydrogen-bond acceptors (Lipinski definition) is 2. The van der Waals surface area contributed by atoms with Gasteiger partial charge in [-0.3, -0.25) is 15.6 Å². The van der Waals surface area contributed by atoms with Gasteiger partial charge in [0, 0.05) is 6.42 Å². The van der Waals surface area contributed by atoms with Gasteiger partial charge in [-0.15, -0.1) is 0 Å². The number of carbonyl (C=O) groups excluding carboxylic acids is 1. The van der Waals surface area contributed by atoms with E-state index in [0.29, 0.717) is 11.4 Å². The van der Waals surface area contributed by atoms with Gasteiger partial charge in [0.2, 0.25) is 5.91 Å². The van der Waals surface area contributed by atoms with Gasteiger partial charge in [0.1, 0.15) is 0 Å². The first-order valence-corrected chi connectivity index (χ1v) is 3.13. The molecule has 0 saturated carbocycles. The second-order valence-corrected chi connectivity index (χ2v) is 2.20. The maximum atomic E-state index is 10.5. The molecule has 9 heavy (non-hydrogen) atoms. The lowest BCUT2D eigenvalue weighted by Crippen LogP contribution is -2.39. The van der Waals surface area contributed by atoms with Gasteiger partial charge in [0.15, 0.2) is 0 Å². The first-order valence-electron chi connectivity index (χ1n) is 2.72. The van der Waals surface area contributed by atoms with Gasteiger partial charge in [-0.25, -0.2) is 0 Å². The van der Waals surface area contributed by atoms with Crippen molar-refractivity contribution in [1.29, 1.82) is 0 Å². The highest BCUT2D eigenvalue weighted by Crippen LogP contribution is 1.71. The monoisotopic (exact) mass is 146 g/mol. The van der Waals surface area contributed by atoms with E-state index in [4.69, 9.17) is 0 Å². The van der Waals surface area contributed by atoms with Crippen molar-refractivity contribution in [2.24, 2.45) is 0 Å². The molecule has 4 heteroatoms. The normalized spacial score (nSPS) is 8.22.